The molecule has 4 aromatic rings. The Morgan fingerprint density at radius 1 is 1.21 bits per heavy atom. The molecular weight excluding hydrogens is 508 g/mol. The maximum atomic E-state index is 13.3. The number of anilines is 2. The van der Waals surface area contributed by atoms with Gasteiger partial charge in [0.25, 0.3) is 11.5 Å². The number of rotatable bonds is 8. The number of amides is 1. The van der Waals surface area contributed by atoms with Crippen molar-refractivity contribution in [1.29, 1.82) is 5.26 Å². The molecule has 5 rings (SSSR count). The second-order valence-corrected chi connectivity index (χ2v) is 9.39. The highest BCUT2D eigenvalue weighted by molar-refractivity contribution is 6.02. The monoisotopic (exact) mass is 533 g/mol. The van der Waals surface area contributed by atoms with Gasteiger partial charge in [-0.25, -0.2) is 14.5 Å². The van der Waals surface area contributed by atoms with Crippen LogP contribution in [0.5, 0.6) is 0 Å². The Bertz CT molecular complexity index is 1630. The Hall–Kier alpha value is -4.86. The number of carbonyl (C=O) groups is 1. The molecule has 1 saturated heterocycles. The van der Waals surface area contributed by atoms with Crippen molar-refractivity contribution < 1.29 is 13.6 Å². The van der Waals surface area contributed by atoms with Crippen molar-refractivity contribution in [2.24, 2.45) is 11.7 Å². The molecule has 0 saturated carbocycles. The van der Waals surface area contributed by atoms with Crippen LogP contribution in [0, 0.1) is 17.2 Å². The zero-order chi connectivity index (χ0) is 27.7. The molecule has 1 fully saturated rings. The second kappa shape index (κ2) is 10.5. The maximum absolute atomic E-state index is 13.3. The Morgan fingerprint density at radius 2 is 1.97 bits per heavy atom. The van der Waals surface area contributed by atoms with Gasteiger partial charge < -0.3 is 16.0 Å². The topological polar surface area (TPSA) is 147 Å². The van der Waals surface area contributed by atoms with Crippen molar-refractivity contribution in [2.45, 2.75) is 32.4 Å². The van der Waals surface area contributed by atoms with Crippen molar-refractivity contribution in [2.75, 3.05) is 23.3 Å². The van der Waals surface area contributed by atoms with Gasteiger partial charge in [0.05, 0.1) is 40.9 Å². The van der Waals surface area contributed by atoms with Crippen molar-refractivity contribution >= 4 is 23.1 Å². The van der Waals surface area contributed by atoms with Gasteiger partial charge in [0.2, 0.25) is 5.95 Å². The SMILES string of the molecule is CCCC1CN(c2ncc(C#N)cn2)CC1Nc1c(C(N)=O)cnn2cc(-c3ccc(=O)n(C(F)F)c3)cc12. The first-order chi connectivity index (χ1) is 18.8. The molecule has 0 aliphatic carbocycles. The molecule has 0 bridgehead atoms. The van der Waals surface area contributed by atoms with Crippen LogP contribution in [0.1, 0.15) is 42.2 Å². The number of fused-ring (bicyclic) bond motifs is 1. The number of primary amides is 1. The molecule has 4 aromatic heterocycles. The van der Waals surface area contributed by atoms with E-state index in [9.17, 15) is 18.4 Å². The fraction of sp³-hybridized carbons (Fsp3) is 0.308. The second-order valence-electron chi connectivity index (χ2n) is 9.39. The summed E-state index contributed by atoms with van der Waals surface area (Å²) < 4.78 is 28.5. The lowest BCUT2D eigenvalue weighted by Gasteiger charge is -2.22. The molecule has 11 nitrogen and oxygen atoms in total. The van der Waals surface area contributed by atoms with Gasteiger partial charge in [0, 0.05) is 48.7 Å². The summed E-state index contributed by atoms with van der Waals surface area (Å²) >= 11 is 0. The number of nitriles is 1. The Morgan fingerprint density at radius 3 is 2.64 bits per heavy atom. The molecule has 5 heterocycles. The lowest BCUT2D eigenvalue weighted by atomic mass is 9.97. The summed E-state index contributed by atoms with van der Waals surface area (Å²) in [7, 11) is 0. The Labute approximate surface area is 221 Å². The van der Waals surface area contributed by atoms with Crippen LogP contribution in [-0.4, -0.2) is 49.2 Å². The molecule has 3 N–H and O–H groups in total. The fourth-order valence-electron chi connectivity index (χ4n) is 4.97. The van der Waals surface area contributed by atoms with Gasteiger partial charge in [0.1, 0.15) is 6.07 Å². The predicted molar refractivity (Wildman–Crippen MR) is 139 cm³/mol. The predicted octanol–water partition coefficient (Wildman–Crippen LogP) is 3.04. The number of nitrogens with one attached hydrogen (secondary N) is 1. The summed E-state index contributed by atoms with van der Waals surface area (Å²) in [5.74, 6) is 0.0274. The van der Waals surface area contributed by atoms with E-state index < -0.39 is 18.0 Å². The van der Waals surface area contributed by atoms with E-state index in [1.165, 1.54) is 29.2 Å². The minimum Gasteiger partial charge on any atom is -0.378 e. The normalized spacial score (nSPS) is 17.1. The van der Waals surface area contributed by atoms with Crippen LogP contribution >= 0.6 is 0 Å². The van der Waals surface area contributed by atoms with Crippen LogP contribution in [-0.2, 0) is 0 Å². The van der Waals surface area contributed by atoms with Gasteiger partial charge in [0.15, 0.2) is 0 Å². The van der Waals surface area contributed by atoms with Crippen LogP contribution in [0.25, 0.3) is 16.6 Å². The number of alkyl halides is 2. The lowest BCUT2D eigenvalue weighted by Crippen LogP contribution is -2.31. The van der Waals surface area contributed by atoms with Crippen LogP contribution in [0.15, 0.2) is 54.0 Å². The summed E-state index contributed by atoms with van der Waals surface area (Å²) in [5.41, 5.74) is 7.37. The zero-order valence-electron chi connectivity index (χ0n) is 21.0. The van der Waals surface area contributed by atoms with Crippen LogP contribution in [0.4, 0.5) is 20.4 Å². The first kappa shape index (κ1) is 25.8. The summed E-state index contributed by atoms with van der Waals surface area (Å²) in [6, 6.07) is 6.16. The molecule has 1 aliphatic heterocycles. The highest BCUT2D eigenvalue weighted by atomic mass is 19.3. The Kier molecular flexibility index (Phi) is 6.93. The summed E-state index contributed by atoms with van der Waals surface area (Å²) in [4.78, 5) is 34.9. The molecule has 1 aliphatic rings. The average molecular weight is 534 g/mol. The van der Waals surface area contributed by atoms with E-state index in [1.807, 2.05) is 11.0 Å². The van der Waals surface area contributed by atoms with Gasteiger partial charge in [-0.15, -0.1) is 0 Å². The van der Waals surface area contributed by atoms with E-state index in [0.717, 1.165) is 25.1 Å². The molecule has 0 spiro atoms. The van der Waals surface area contributed by atoms with E-state index in [2.05, 4.69) is 27.3 Å². The third kappa shape index (κ3) is 5.00. The molecule has 200 valence electrons. The maximum Gasteiger partial charge on any atom is 0.321 e. The highest BCUT2D eigenvalue weighted by Gasteiger charge is 2.34. The number of nitrogens with two attached hydrogens (primary N) is 1. The van der Waals surface area contributed by atoms with Crippen molar-refractivity contribution in [3.8, 4) is 17.2 Å². The van der Waals surface area contributed by atoms with Crippen LogP contribution < -0.4 is 21.5 Å². The highest BCUT2D eigenvalue weighted by Crippen LogP contribution is 2.33. The van der Waals surface area contributed by atoms with Crippen molar-refractivity contribution in [3.63, 3.8) is 0 Å². The fourth-order valence-corrected chi connectivity index (χ4v) is 4.97. The van der Waals surface area contributed by atoms with Crippen LogP contribution in [0.2, 0.25) is 0 Å². The van der Waals surface area contributed by atoms with Crippen molar-refractivity contribution in [1.82, 2.24) is 24.1 Å². The minimum atomic E-state index is -2.98. The molecule has 0 aromatic carbocycles. The first-order valence-electron chi connectivity index (χ1n) is 12.3. The molecule has 1 amide bonds. The smallest absolute Gasteiger partial charge is 0.321 e. The van der Waals surface area contributed by atoms with E-state index in [0.29, 0.717) is 51.5 Å². The number of hydrogen-bond donors (Lipinski definition) is 2. The van der Waals surface area contributed by atoms with Crippen LogP contribution in [0.3, 0.4) is 0 Å². The largest absolute Gasteiger partial charge is 0.378 e. The third-order valence-electron chi connectivity index (χ3n) is 6.86. The van der Waals surface area contributed by atoms with Gasteiger partial charge in [-0.3, -0.25) is 14.2 Å². The van der Waals surface area contributed by atoms with E-state index in [4.69, 9.17) is 11.0 Å². The number of aromatic nitrogens is 5. The number of hydrogen-bond acceptors (Lipinski definition) is 8. The minimum absolute atomic E-state index is 0.104. The van der Waals surface area contributed by atoms with E-state index in [-0.39, 0.29) is 17.5 Å². The summed E-state index contributed by atoms with van der Waals surface area (Å²) in [6.45, 7) is 0.324. The van der Waals surface area contributed by atoms with Gasteiger partial charge in [-0.1, -0.05) is 13.3 Å². The zero-order valence-corrected chi connectivity index (χ0v) is 21.0. The van der Waals surface area contributed by atoms with Gasteiger partial charge in [-0.2, -0.15) is 19.1 Å². The molecule has 2 atom stereocenters. The number of nitrogens with zero attached hydrogens (tertiary/aromatic N) is 7. The number of halogens is 2. The number of pyridine rings is 1. The molecule has 2 unspecified atom stereocenters. The van der Waals surface area contributed by atoms with Crippen molar-refractivity contribution in [3.05, 3.63) is 70.7 Å². The molecular formula is C26H25F2N9O2. The lowest BCUT2D eigenvalue weighted by molar-refractivity contribution is 0.0665. The molecule has 0 radical (unpaired) electrons. The molecule has 39 heavy (non-hydrogen) atoms. The summed E-state index contributed by atoms with van der Waals surface area (Å²) in [6.07, 6.45) is 8.90. The van der Waals surface area contributed by atoms with Gasteiger partial charge in [-0.05, 0) is 24.5 Å². The average Bonchev–Trinajstić information content (AvgIpc) is 3.54. The van der Waals surface area contributed by atoms with E-state index >= 15 is 0 Å². The molecule has 13 heteroatoms. The van der Waals surface area contributed by atoms with Gasteiger partial charge >= 0.3 is 6.55 Å². The summed E-state index contributed by atoms with van der Waals surface area (Å²) in [5, 5.41) is 16.9. The standard InChI is InChI=1S/C26H25F2N9O2/c1-2-3-17-11-35(26-31-8-15(7-29)9-32-26)14-20(17)34-23-19(24(30)39)10-33-37-13-18(6-21(23)37)16-4-5-22(38)36(12-16)25(27)28/h4-6,8-10,12-13,17,20,25,34H,2-3,11,14H2,1H3,(H2,30,39). The Balaban J connectivity index is 1.52. The number of carbonyl (C=O) groups excluding carboxylic acids is 1. The third-order valence-corrected chi connectivity index (χ3v) is 6.86. The quantitative estimate of drug-likeness (QED) is 0.351. The van der Waals surface area contributed by atoms with E-state index in [1.54, 1.807) is 12.3 Å². The first-order valence-corrected chi connectivity index (χ1v) is 12.3.